The van der Waals surface area contributed by atoms with Crippen molar-refractivity contribution in [1.29, 1.82) is 0 Å². The number of nitrogens with two attached hydrogens (primary N) is 1. The minimum atomic E-state index is -1.14. The first kappa shape index (κ1) is 21.0. The molecule has 1 unspecified atom stereocenters. The highest BCUT2D eigenvalue weighted by molar-refractivity contribution is 6.03. The molecule has 0 saturated heterocycles. The molecule has 29 heavy (non-hydrogen) atoms. The third kappa shape index (κ3) is 4.17. The molecular weight excluding hydrogens is 384 g/mol. The number of hydrogen-bond donors (Lipinski definition) is 1. The zero-order valence-electron chi connectivity index (χ0n) is 16.5. The molecule has 6 nitrogen and oxygen atoms in total. The van der Waals surface area contributed by atoms with Crippen LogP contribution in [0.1, 0.15) is 38.2 Å². The van der Waals surface area contributed by atoms with Gasteiger partial charge in [-0.1, -0.05) is 19.9 Å². The Kier molecular flexibility index (Phi) is 5.75. The van der Waals surface area contributed by atoms with E-state index in [2.05, 4.69) is 0 Å². The summed E-state index contributed by atoms with van der Waals surface area (Å²) in [5, 5.41) is 0. The second-order valence-corrected chi connectivity index (χ2v) is 7.89. The number of benzene rings is 1. The van der Waals surface area contributed by atoms with Crippen LogP contribution in [-0.2, 0) is 23.8 Å². The summed E-state index contributed by atoms with van der Waals surface area (Å²) in [4.78, 5) is 25.7. The van der Waals surface area contributed by atoms with Gasteiger partial charge in [-0.2, -0.15) is 0 Å². The van der Waals surface area contributed by atoms with Gasteiger partial charge < -0.3 is 19.9 Å². The Morgan fingerprint density at radius 1 is 1.28 bits per heavy atom. The Hall–Kier alpha value is -2.74. The normalized spacial score (nSPS) is 21.0. The third-order valence-corrected chi connectivity index (χ3v) is 4.97. The summed E-state index contributed by atoms with van der Waals surface area (Å²) in [6, 6.07) is 2.97. The van der Waals surface area contributed by atoms with E-state index in [9.17, 15) is 18.4 Å². The van der Waals surface area contributed by atoms with Gasteiger partial charge in [-0.3, -0.25) is 4.79 Å². The van der Waals surface area contributed by atoms with Crippen molar-refractivity contribution in [2.45, 2.75) is 32.6 Å². The quantitative estimate of drug-likeness (QED) is 0.596. The maximum Gasteiger partial charge on any atom is 0.340 e. The number of ketones is 1. The molecule has 2 N–H and O–H groups in total. The van der Waals surface area contributed by atoms with Crippen molar-refractivity contribution in [2.75, 3.05) is 20.3 Å². The predicted octanol–water partition coefficient (Wildman–Crippen LogP) is 3.08. The van der Waals surface area contributed by atoms with Crippen molar-refractivity contribution in [3.63, 3.8) is 0 Å². The number of ether oxygens (including phenoxy) is 3. The van der Waals surface area contributed by atoms with Crippen LogP contribution in [0.2, 0.25) is 0 Å². The summed E-state index contributed by atoms with van der Waals surface area (Å²) in [5.41, 5.74) is 5.57. The van der Waals surface area contributed by atoms with E-state index >= 15 is 0 Å². The van der Waals surface area contributed by atoms with Crippen LogP contribution in [0.3, 0.4) is 0 Å². The summed E-state index contributed by atoms with van der Waals surface area (Å²) in [6.07, 6.45) is 0.584. The Labute approximate surface area is 167 Å². The van der Waals surface area contributed by atoms with Gasteiger partial charge in [-0.05, 0) is 11.5 Å². The Bertz CT molecular complexity index is 920. The van der Waals surface area contributed by atoms with E-state index in [1.54, 1.807) is 0 Å². The summed E-state index contributed by atoms with van der Waals surface area (Å²) in [7, 11) is 1.45. The highest BCUT2D eigenvalue weighted by Gasteiger charge is 2.45. The summed E-state index contributed by atoms with van der Waals surface area (Å²) in [5.74, 6) is -3.90. The first-order chi connectivity index (χ1) is 13.6. The minimum Gasteiger partial charge on any atom is -0.460 e. The molecule has 0 saturated carbocycles. The van der Waals surface area contributed by atoms with Crippen LogP contribution in [0.4, 0.5) is 8.78 Å². The maximum absolute atomic E-state index is 14.7. The van der Waals surface area contributed by atoms with Gasteiger partial charge in [0.1, 0.15) is 29.6 Å². The average molecular weight is 407 g/mol. The minimum absolute atomic E-state index is 0.0445. The second kappa shape index (κ2) is 7.94. The van der Waals surface area contributed by atoms with Crippen molar-refractivity contribution in [1.82, 2.24) is 0 Å². The van der Waals surface area contributed by atoms with Crippen LogP contribution >= 0.6 is 0 Å². The molecule has 1 atom stereocenters. The van der Waals surface area contributed by atoms with Crippen LogP contribution in [-0.4, -0.2) is 32.1 Å². The van der Waals surface area contributed by atoms with Crippen molar-refractivity contribution < 1.29 is 32.6 Å². The van der Waals surface area contributed by atoms with E-state index in [-0.39, 0.29) is 53.4 Å². The Morgan fingerprint density at radius 3 is 2.66 bits per heavy atom. The SMILES string of the molecule is COCCOC(=O)C1=C(N)OC2=C(C(=O)CC(C)(C)C2)C1c1ccc(F)cc1F. The van der Waals surface area contributed by atoms with Gasteiger partial charge in [-0.15, -0.1) is 0 Å². The van der Waals surface area contributed by atoms with Gasteiger partial charge in [0.05, 0.1) is 12.5 Å². The number of allylic oxidation sites excluding steroid dienone is 2. The van der Waals surface area contributed by atoms with E-state index in [4.69, 9.17) is 19.9 Å². The van der Waals surface area contributed by atoms with Crippen LogP contribution in [0, 0.1) is 17.0 Å². The molecule has 8 heteroatoms. The highest BCUT2D eigenvalue weighted by Crippen LogP contribution is 2.48. The standard InChI is InChI=1S/C21H23F2NO5/c1-21(2)9-14(25)17-15(10-21)29-19(24)18(20(26)28-7-6-27-3)16(17)12-5-4-11(22)8-13(12)23/h4-5,8,16H,6-7,9-10,24H2,1-3H3. The van der Waals surface area contributed by atoms with Gasteiger partial charge in [0.2, 0.25) is 5.88 Å². The first-order valence-corrected chi connectivity index (χ1v) is 9.19. The highest BCUT2D eigenvalue weighted by atomic mass is 19.1. The molecule has 1 aliphatic carbocycles. The van der Waals surface area contributed by atoms with E-state index in [1.165, 1.54) is 13.2 Å². The number of Topliss-reactive ketones (excluding diaryl/α,β-unsaturated/α-hetero) is 1. The van der Waals surface area contributed by atoms with Crippen LogP contribution in [0.25, 0.3) is 0 Å². The fraction of sp³-hybridized carbons (Fsp3) is 0.429. The van der Waals surface area contributed by atoms with E-state index < -0.39 is 23.5 Å². The topological polar surface area (TPSA) is 87.8 Å². The lowest BCUT2D eigenvalue weighted by atomic mass is 9.70. The summed E-state index contributed by atoms with van der Waals surface area (Å²) < 4.78 is 43.8. The van der Waals surface area contributed by atoms with Crippen molar-refractivity contribution in [3.8, 4) is 0 Å². The van der Waals surface area contributed by atoms with Crippen LogP contribution < -0.4 is 5.73 Å². The van der Waals surface area contributed by atoms with Crippen LogP contribution in [0.15, 0.2) is 41.0 Å². The number of methoxy groups -OCH3 is 1. The number of rotatable bonds is 5. The smallest absolute Gasteiger partial charge is 0.340 e. The molecule has 0 amide bonds. The molecule has 1 aliphatic heterocycles. The number of halogens is 2. The number of esters is 1. The molecule has 0 bridgehead atoms. The molecule has 0 aromatic heterocycles. The summed E-state index contributed by atoms with van der Waals surface area (Å²) >= 11 is 0. The van der Waals surface area contributed by atoms with Gasteiger partial charge in [-0.25, -0.2) is 13.6 Å². The lowest BCUT2D eigenvalue weighted by molar-refractivity contribution is -0.141. The molecule has 1 aromatic rings. The van der Waals surface area contributed by atoms with Crippen molar-refractivity contribution in [2.24, 2.45) is 11.1 Å². The van der Waals surface area contributed by atoms with E-state index in [1.807, 2.05) is 13.8 Å². The van der Waals surface area contributed by atoms with Crippen LogP contribution in [0.5, 0.6) is 0 Å². The van der Waals surface area contributed by atoms with Gasteiger partial charge >= 0.3 is 5.97 Å². The maximum atomic E-state index is 14.7. The molecule has 0 fully saturated rings. The molecule has 1 heterocycles. The molecule has 0 spiro atoms. The fourth-order valence-corrected chi connectivity index (χ4v) is 3.73. The molecular formula is C21H23F2NO5. The fourth-order valence-electron chi connectivity index (χ4n) is 3.73. The first-order valence-electron chi connectivity index (χ1n) is 9.19. The molecule has 0 radical (unpaired) electrons. The Morgan fingerprint density at radius 2 is 2.00 bits per heavy atom. The number of carbonyl (C=O) groups is 2. The van der Waals surface area contributed by atoms with Crippen molar-refractivity contribution in [3.05, 3.63) is 58.2 Å². The molecule has 2 aliphatic rings. The largest absolute Gasteiger partial charge is 0.460 e. The second-order valence-electron chi connectivity index (χ2n) is 7.89. The lowest BCUT2D eigenvalue weighted by Gasteiger charge is -2.38. The average Bonchev–Trinajstić information content (AvgIpc) is 2.59. The van der Waals surface area contributed by atoms with E-state index in [0.29, 0.717) is 18.2 Å². The van der Waals surface area contributed by atoms with E-state index in [0.717, 1.165) is 6.07 Å². The molecule has 1 aromatic carbocycles. The Balaban J connectivity index is 2.13. The lowest BCUT2D eigenvalue weighted by Crippen LogP contribution is -2.36. The zero-order chi connectivity index (χ0) is 21.3. The third-order valence-electron chi connectivity index (χ3n) is 4.97. The van der Waals surface area contributed by atoms with Gasteiger partial charge in [0.15, 0.2) is 5.78 Å². The molecule has 3 rings (SSSR count). The van der Waals surface area contributed by atoms with Crippen molar-refractivity contribution >= 4 is 11.8 Å². The monoisotopic (exact) mass is 407 g/mol. The van der Waals surface area contributed by atoms with Gasteiger partial charge in [0, 0.05) is 37.2 Å². The predicted molar refractivity (Wildman–Crippen MR) is 99.3 cm³/mol. The summed E-state index contributed by atoms with van der Waals surface area (Å²) in [6.45, 7) is 3.90. The zero-order valence-corrected chi connectivity index (χ0v) is 16.5. The molecule has 156 valence electrons. The van der Waals surface area contributed by atoms with Gasteiger partial charge in [0.25, 0.3) is 0 Å². The number of carbonyl (C=O) groups excluding carboxylic acids is 2. The number of hydrogen-bond acceptors (Lipinski definition) is 6.